The monoisotopic (exact) mass is 266 g/mol. The molecule has 18 heavy (non-hydrogen) atoms. The van der Waals surface area contributed by atoms with Crippen LogP contribution >= 0.6 is 12.6 Å². The molecule has 0 aliphatic carbocycles. The second kappa shape index (κ2) is 7.76. The Bertz CT molecular complexity index is 395. The maximum absolute atomic E-state index is 11.7. The van der Waals surface area contributed by atoms with Crippen LogP contribution in [0.1, 0.15) is 18.4 Å². The number of hydrogen-bond donors (Lipinski definition) is 3. The number of amides is 2. The van der Waals surface area contributed by atoms with Crippen molar-refractivity contribution in [3.05, 3.63) is 35.9 Å². The lowest BCUT2D eigenvalue weighted by Crippen LogP contribution is -2.33. The lowest BCUT2D eigenvalue weighted by molar-refractivity contribution is -0.121. The van der Waals surface area contributed by atoms with Crippen molar-refractivity contribution in [2.75, 3.05) is 6.54 Å². The maximum atomic E-state index is 11.7. The minimum atomic E-state index is -0.374. The summed E-state index contributed by atoms with van der Waals surface area (Å²) in [5, 5.41) is 2.36. The second-order valence-corrected chi connectivity index (χ2v) is 4.69. The van der Waals surface area contributed by atoms with E-state index in [1.54, 1.807) is 0 Å². The van der Waals surface area contributed by atoms with Gasteiger partial charge in [-0.25, -0.2) is 0 Å². The van der Waals surface area contributed by atoms with E-state index in [4.69, 9.17) is 5.73 Å². The zero-order valence-corrected chi connectivity index (χ0v) is 11.0. The van der Waals surface area contributed by atoms with Crippen LogP contribution in [0.3, 0.4) is 0 Å². The average Bonchev–Trinajstić information content (AvgIpc) is 2.35. The van der Waals surface area contributed by atoms with E-state index in [-0.39, 0.29) is 23.5 Å². The number of nitrogens with one attached hydrogen (secondary N) is 1. The minimum absolute atomic E-state index is 0.119. The molecular weight excluding hydrogens is 248 g/mol. The molecule has 0 saturated heterocycles. The van der Waals surface area contributed by atoms with E-state index in [0.717, 1.165) is 5.56 Å². The van der Waals surface area contributed by atoms with Gasteiger partial charge in [-0.3, -0.25) is 9.59 Å². The summed E-state index contributed by atoms with van der Waals surface area (Å²) in [6, 6.07) is 9.72. The molecule has 4 nitrogen and oxygen atoms in total. The molecule has 3 N–H and O–H groups in total. The van der Waals surface area contributed by atoms with Crippen molar-refractivity contribution in [3.8, 4) is 0 Å². The number of nitrogens with two attached hydrogens (primary N) is 1. The van der Waals surface area contributed by atoms with Crippen molar-refractivity contribution < 1.29 is 9.59 Å². The molecule has 0 radical (unpaired) electrons. The van der Waals surface area contributed by atoms with Gasteiger partial charge in [0.05, 0.1) is 5.25 Å². The molecule has 0 heterocycles. The molecule has 1 unspecified atom stereocenters. The van der Waals surface area contributed by atoms with Crippen LogP contribution in [0.25, 0.3) is 0 Å². The van der Waals surface area contributed by atoms with Crippen molar-refractivity contribution in [1.29, 1.82) is 0 Å². The number of primary amides is 1. The summed E-state index contributed by atoms with van der Waals surface area (Å²) in [4.78, 5) is 22.2. The highest BCUT2D eigenvalue weighted by atomic mass is 32.1. The van der Waals surface area contributed by atoms with E-state index >= 15 is 0 Å². The first-order valence-corrected chi connectivity index (χ1v) is 6.39. The summed E-state index contributed by atoms with van der Waals surface area (Å²) < 4.78 is 0. The normalized spacial score (nSPS) is 11.8. The van der Waals surface area contributed by atoms with Crippen LogP contribution in [0.4, 0.5) is 0 Å². The van der Waals surface area contributed by atoms with Gasteiger partial charge in [-0.1, -0.05) is 30.3 Å². The largest absolute Gasteiger partial charge is 0.370 e. The van der Waals surface area contributed by atoms with Gasteiger partial charge in [0.2, 0.25) is 11.8 Å². The Morgan fingerprint density at radius 1 is 1.28 bits per heavy atom. The molecule has 2 amide bonds. The number of benzene rings is 1. The number of hydrogen-bond acceptors (Lipinski definition) is 3. The first-order chi connectivity index (χ1) is 8.59. The first kappa shape index (κ1) is 14.6. The molecule has 1 rings (SSSR count). The van der Waals surface area contributed by atoms with Gasteiger partial charge in [-0.2, -0.15) is 12.6 Å². The summed E-state index contributed by atoms with van der Waals surface area (Å²) in [6.07, 6.45) is 1.44. The molecule has 0 spiro atoms. The van der Waals surface area contributed by atoms with Gasteiger partial charge >= 0.3 is 0 Å². The third kappa shape index (κ3) is 5.72. The van der Waals surface area contributed by atoms with Crippen molar-refractivity contribution in [2.45, 2.75) is 24.5 Å². The zero-order valence-electron chi connectivity index (χ0n) is 10.1. The Morgan fingerprint density at radius 3 is 2.56 bits per heavy atom. The molecule has 1 aromatic carbocycles. The van der Waals surface area contributed by atoms with E-state index in [1.807, 2.05) is 30.3 Å². The lowest BCUT2D eigenvalue weighted by Gasteiger charge is -2.11. The van der Waals surface area contributed by atoms with Gasteiger partial charge in [0, 0.05) is 13.0 Å². The number of thiol groups is 1. The fourth-order valence-corrected chi connectivity index (χ4v) is 1.82. The summed E-state index contributed by atoms with van der Waals surface area (Å²) in [5.74, 6) is -0.470. The molecule has 0 fully saturated rings. The predicted molar refractivity (Wildman–Crippen MR) is 74.4 cm³/mol. The summed E-state index contributed by atoms with van der Waals surface area (Å²) in [7, 11) is 0. The second-order valence-electron chi connectivity index (χ2n) is 4.07. The summed E-state index contributed by atoms with van der Waals surface area (Å²) >= 11 is 4.28. The number of rotatable bonds is 7. The van der Waals surface area contributed by atoms with Gasteiger partial charge in [-0.05, 0) is 18.4 Å². The molecular formula is C13H18N2O2S. The van der Waals surface area contributed by atoms with Crippen LogP contribution in [0.15, 0.2) is 30.3 Å². The summed E-state index contributed by atoms with van der Waals surface area (Å²) in [6.45, 7) is 0.452. The van der Waals surface area contributed by atoms with Crippen molar-refractivity contribution in [1.82, 2.24) is 5.32 Å². The van der Waals surface area contributed by atoms with Crippen LogP contribution in [-0.4, -0.2) is 23.6 Å². The molecule has 0 aromatic heterocycles. The minimum Gasteiger partial charge on any atom is -0.370 e. The topological polar surface area (TPSA) is 72.2 Å². The fraction of sp³-hybridized carbons (Fsp3) is 0.385. The molecule has 98 valence electrons. The van der Waals surface area contributed by atoms with Crippen molar-refractivity contribution in [2.24, 2.45) is 5.73 Å². The Morgan fingerprint density at radius 2 is 1.94 bits per heavy atom. The van der Waals surface area contributed by atoms with Crippen LogP contribution in [0, 0.1) is 0 Å². The van der Waals surface area contributed by atoms with Crippen LogP contribution < -0.4 is 11.1 Å². The molecule has 1 atom stereocenters. The van der Waals surface area contributed by atoms with Crippen LogP contribution in [-0.2, 0) is 16.0 Å². The maximum Gasteiger partial charge on any atom is 0.233 e. The molecule has 0 aliphatic heterocycles. The Labute approximate surface area is 112 Å². The molecule has 1 aromatic rings. The predicted octanol–water partition coefficient (Wildman–Crippen LogP) is 0.909. The molecule has 0 saturated carbocycles. The first-order valence-electron chi connectivity index (χ1n) is 5.87. The Hall–Kier alpha value is -1.49. The van der Waals surface area contributed by atoms with E-state index in [9.17, 15) is 9.59 Å². The van der Waals surface area contributed by atoms with Gasteiger partial charge in [0.1, 0.15) is 0 Å². The van der Waals surface area contributed by atoms with Crippen LogP contribution in [0.5, 0.6) is 0 Å². The molecule has 0 aliphatic rings. The fourth-order valence-electron chi connectivity index (χ4n) is 1.52. The van der Waals surface area contributed by atoms with Crippen molar-refractivity contribution in [3.63, 3.8) is 0 Å². The highest BCUT2D eigenvalue weighted by Gasteiger charge is 2.13. The van der Waals surface area contributed by atoms with E-state index in [1.165, 1.54) is 0 Å². The average molecular weight is 266 g/mol. The molecule has 5 heteroatoms. The Kier molecular flexibility index (Phi) is 6.28. The number of carbonyl (C=O) groups is 2. The van der Waals surface area contributed by atoms with Gasteiger partial charge in [0.15, 0.2) is 0 Å². The third-order valence-electron chi connectivity index (χ3n) is 2.47. The smallest absolute Gasteiger partial charge is 0.233 e. The SMILES string of the molecule is NC(=O)CCCNC(=O)C(S)Cc1ccccc1. The van der Waals surface area contributed by atoms with Gasteiger partial charge in [0.25, 0.3) is 0 Å². The lowest BCUT2D eigenvalue weighted by atomic mass is 10.1. The standard InChI is InChI=1S/C13H18N2O2S/c14-12(16)7-4-8-15-13(17)11(18)9-10-5-2-1-3-6-10/h1-3,5-6,11,18H,4,7-9H2,(H2,14,16)(H,15,17). The Balaban J connectivity index is 2.27. The van der Waals surface area contributed by atoms with Crippen LogP contribution in [0.2, 0.25) is 0 Å². The van der Waals surface area contributed by atoms with Crippen molar-refractivity contribution >= 4 is 24.4 Å². The highest BCUT2D eigenvalue weighted by Crippen LogP contribution is 2.07. The quantitative estimate of drug-likeness (QED) is 0.507. The number of carbonyl (C=O) groups excluding carboxylic acids is 2. The van der Waals surface area contributed by atoms with E-state index in [2.05, 4.69) is 17.9 Å². The molecule has 0 bridgehead atoms. The van der Waals surface area contributed by atoms with E-state index < -0.39 is 0 Å². The summed E-state index contributed by atoms with van der Waals surface area (Å²) in [5.41, 5.74) is 6.08. The van der Waals surface area contributed by atoms with Gasteiger partial charge < -0.3 is 11.1 Å². The zero-order chi connectivity index (χ0) is 13.4. The highest BCUT2D eigenvalue weighted by molar-refractivity contribution is 7.81. The van der Waals surface area contributed by atoms with E-state index in [0.29, 0.717) is 19.4 Å². The van der Waals surface area contributed by atoms with Gasteiger partial charge in [-0.15, -0.1) is 0 Å². The third-order valence-corrected chi connectivity index (χ3v) is 2.89.